The van der Waals surface area contributed by atoms with Crippen LogP contribution in [0.5, 0.6) is 0 Å². The fraction of sp³-hybridized carbons (Fsp3) is 1.00. The van der Waals surface area contributed by atoms with Crippen LogP contribution in [0.15, 0.2) is 0 Å². The van der Waals surface area contributed by atoms with Crippen molar-refractivity contribution in [3.05, 3.63) is 0 Å². The molecule has 0 aromatic rings. The third kappa shape index (κ3) is 14.1. The van der Waals surface area contributed by atoms with Crippen LogP contribution in [0.3, 0.4) is 0 Å². The number of halogens is 1. The largest absolute Gasteiger partial charge is 0.379 e. The number of hydrogen-bond acceptors (Lipinski definition) is 5. The summed E-state index contributed by atoms with van der Waals surface area (Å²) in [6.45, 7) is 4.55. The molecule has 0 aliphatic carbocycles. The smallest absolute Gasteiger partial charge is 0.234 e. The third-order valence-corrected chi connectivity index (χ3v) is 2.54. The standard InChI is InChI=1S/C8H17ClO5S/c1-2-12-3-4-13-5-6-14-7-8-15(9,10)11/h2-8H2,1H3. The van der Waals surface area contributed by atoms with Crippen molar-refractivity contribution in [3.8, 4) is 0 Å². The first-order valence-electron chi connectivity index (χ1n) is 4.72. The molecule has 0 heterocycles. The van der Waals surface area contributed by atoms with E-state index in [0.717, 1.165) is 0 Å². The molecule has 92 valence electrons. The van der Waals surface area contributed by atoms with Crippen LogP contribution < -0.4 is 0 Å². The number of ether oxygens (including phenoxy) is 3. The van der Waals surface area contributed by atoms with Crippen LogP contribution in [-0.4, -0.2) is 53.8 Å². The zero-order chi connectivity index (χ0) is 11.6. The summed E-state index contributed by atoms with van der Waals surface area (Å²) in [6.07, 6.45) is 0. The molecule has 0 aromatic heterocycles. The molecule has 0 atom stereocenters. The highest BCUT2D eigenvalue weighted by molar-refractivity contribution is 8.13. The minimum atomic E-state index is -3.44. The van der Waals surface area contributed by atoms with Gasteiger partial charge in [-0.3, -0.25) is 0 Å². The van der Waals surface area contributed by atoms with Gasteiger partial charge in [-0.25, -0.2) is 8.42 Å². The Bertz CT molecular complexity index is 229. The minimum Gasteiger partial charge on any atom is -0.379 e. The average Bonchev–Trinajstić information content (AvgIpc) is 2.14. The molecule has 0 saturated heterocycles. The summed E-state index contributed by atoms with van der Waals surface area (Å²) in [7, 11) is 1.53. The predicted molar refractivity (Wildman–Crippen MR) is 57.8 cm³/mol. The van der Waals surface area contributed by atoms with E-state index in [9.17, 15) is 8.42 Å². The van der Waals surface area contributed by atoms with Crippen LogP contribution in [0.4, 0.5) is 0 Å². The zero-order valence-electron chi connectivity index (χ0n) is 8.78. The second-order valence-electron chi connectivity index (χ2n) is 2.66. The Hall–Kier alpha value is 0.120. The predicted octanol–water partition coefficient (Wildman–Crippen LogP) is 0.625. The Morgan fingerprint density at radius 1 is 0.933 bits per heavy atom. The summed E-state index contributed by atoms with van der Waals surface area (Å²) in [5.41, 5.74) is 0. The van der Waals surface area contributed by atoms with Crippen LogP contribution in [0.25, 0.3) is 0 Å². The maximum Gasteiger partial charge on any atom is 0.234 e. The molecular formula is C8H17ClO5S. The van der Waals surface area contributed by atoms with Gasteiger partial charge in [0.15, 0.2) is 0 Å². The summed E-state index contributed by atoms with van der Waals surface area (Å²) in [6, 6.07) is 0. The molecule has 0 N–H and O–H groups in total. The van der Waals surface area contributed by atoms with Crippen molar-refractivity contribution >= 4 is 19.7 Å². The third-order valence-electron chi connectivity index (χ3n) is 1.42. The van der Waals surface area contributed by atoms with E-state index in [4.69, 9.17) is 24.9 Å². The van der Waals surface area contributed by atoms with Gasteiger partial charge in [0.05, 0.1) is 38.8 Å². The first kappa shape index (κ1) is 15.1. The molecule has 0 rings (SSSR count). The molecule has 0 fully saturated rings. The van der Waals surface area contributed by atoms with Gasteiger partial charge >= 0.3 is 0 Å². The van der Waals surface area contributed by atoms with Crippen molar-refractivity contribution in [2.75, 3.05) is 45.4 Å². The Morgan fingerprint density at radius 3 is 1.87 bits per heavy atom. The van der Waals surface area contributed by atoms with Gasteiger partial charge in [-0.05, 0) is 6.92 Å². The van der Waals surface area contributed by atoms with Crippen molar-refractivity contribution in [2.24, 2.45) is 0 Å². The maximum absolute atomic E-state index is 10.5. The zero-order valence-corrected chi connectivity index (χ0v) is 10.3. The van der Waals surface area contributed by atoms with Gasteiger partial charge in [0, 0.05) is 17.3 Å². The fourth-order valence-electron chi connectivity index (χ4n) is 0.743. The van der Waals surface area contributed by atoms with Crippen molar-refractivity contribution in [1.29, 1.82) is 0 Å². The van der Waals surface area contributed by atoms with Crippen molar-refractivity contribution < 1.29 is 22.6 Å². The monoisotopic (exact) mass is 260 g/mol. The van der Waals surface area contributed by atoms with Crippen LogP contribution in [0.2, 0.25) is 0 Å². The summed E-state index contributed by atoms with van der Waals surface area (Å²) < 4.78 is 36.1. The molecule has 0 unspecified atom stereocenters. The fourth-order valence-corrected chi connectivity index (χ4v) is 1.25. The van der Waals surface area contributed by atoms with E-state index in [0.29, 0.717) is 33.0 Å². The molecule has 0 radical (unpaired) electrons. The van der Waals surface area contributed by atoms with Gasteiger partial charge in [-0.1, -0.05) is 0 Å². The summed E-state index contributed by atoms with van der Waals surface area (Å²) >= 11 is 0. The van der Waals surface area contributed by atoms with Crippen LogP contribution in [0.1, 0.15) is 6.92 Å². The van der Waals surface area contributed by atoms with E-state index in [-0.39, 0.29) is 12.4 Å². The average molecular weight is 261 g/mol. The molecule has 0 aliphatic heterocycles. The van der Waals surface area contributed by atoms with Crippen molar-refractivity contribution in [3.63, 3.8) is 0 Å². The second-order valence-corrected chi connectivity index (χ2v) is 5.56. The van der Waals surface area contributed by atoms with E-state index in [2.05, 4.69) is 0 Å². The molecule has 5 nitrogen and oxygen atoms in total. The molecule has 0 aromatic carbocycles. The van der Waals surface area contributed by atoms with Crippen molar-refractivity contribution in [2.45, 2.75) is 6.92 Å². The molecule has 0 bridgehead atoms. The van der Waals surface area contributed by atoms with E-state index >= 15 is 0 Å². The minimum absolute atomic E-state index is 0.0979. The maximum atomic E-state index is 10.5. The Labute approximate surface area is 95.1 Å². The molecule has 0 saturated carbocycles. The Morgan fingerprint density at radius 2 is 1.40 bits per heavy atom. The molecule has 7 heteroatoms. The summed E-state index contributed by atoms with van der Waals surface area (Å²) in [5, 5.41) is 0. The number of hydrogen-bond donors (Lipinski definition) is 0. The highest BCUT2D eigenvalue weighted by atomic mass is 35.7. The van der Waals surface area contributed by atoms with Crippen LogP contribution >= 0.6 is 10.7 Å². The lowest BCUT2D eigenvalue weighted by Gasteiger charge is -2.04. The van der Waals surface area contributed by atoms with E-state index < -0.39 is 9.05 Å². The Balaban J connectivity index is 3.06. The van der Waals surface area contributed by atoms with Gasteiger partial charge in [-0.15, -0.1) is 0 Å². The Kier molecular flexibility index (Phi) is 9.43. The van der Waals surface area contributed by atoms with Gasteiger partial charge in [-0.2, -0.15) is 0 Å². The molecule has 0 spiro atoms. The SMILES string of the molecule is CCOCCOCCOCCS(=O)(=O)Cl. The van der Waals surface area contributed by atoms with Gasteiger partial charge in [0.2, 0.25) is 9.05 Å². The molecule has 15 heavy (non-hydrogen) atoms. The van der Waals surface area contributed by atoms with E-state index in [1.165, 1.54) is 0 Å². The highest BCUT2D eigenvalue weighted by Crippen LogP contribution is 1.95. The second kappa shape index (κ2) is 9.35. The highest BCUT2D eigenvalue weighted by Gasteiger charge is 2.03. The van der Waals surface area contributed by atoms with Crippen LogP contribution in [-0.2, 0) is 23.3 Å². The van der Waals surface area contributed by atoms with E-state index in [1.54, 1.807) is 0 Å². The first-order chi connectivity index (χ1) is 7.06. The van der Waals surface area contributed by atoms with Crippen LogP contribution in [0, 0.1) is 0 Å². The lowest BCUT2D eigenvalue weighted by atomic mass is 10.7. The summed E-state index contributed by atoms with van der Waals surface area (Å²) in [4.78, 5) is 0. The topological polar surface area (TPSA) is 61.8 Å². The van der Waals surface area contributed by atoms with Gasteiger partial charge < -0.3 is 14.2 Å². The lowest BCUT2D eigenvalue weighted by Crippen LogP contribution is -2.12. The lowest BCUT2D eigenvalue weighted by molar-refractivity contribution is 0.0199. The van der Waals surface area contributed by atoms with Crippen molar-refractivity contribution in [1.82, 2.24) is 0 Å². The molecule has 0 aliphatic rings. The quantitative estimate of drug-likeness (QED) is 0.426. The van der Waals surface area contributed by atoms with E-state index in [1.807, 2.05) is 6.92 Å². The van der Waals surface area contributed by atoms with Gasteiger partial charge in [0.1, 0.15) is 0 Å². The molecular weight excluding hydrogens is 244 g/mol. The van der Waals surface area contributed by atoms with Gasteiger partial charge in [0.25, 0.3) is 0 Å². The normalized spacial score (nSPS) is 11.9. The first-order valence-corrected chi connectivity index (χ1v) is 7.19. The summed E-state index contributed by atoms with van der Waals surface area (Å²) in [5.74, 6) is -0.173. The number of rotatable bonds is 10. The molecule has 0 amide bonds.